The van der Waals surface area contributed by atoms with Crippen LogP contribution in [-0.2, 0) is 21.4 Å². The third-order valence-corrected chi connectivity index (χ3v) is 6.82. The Morgan fingerprint density at radius 2 is 2.19 bits per heavy atom. The lowest BCUT2D eigenvalue weighted by Gasteiger charge is -2.28. The first kappa shape index (κ1) is 19.1. The molecule has 0 bridgehead atoms. The van der Waals surface area contributed by atoms with Crippen LogP contribution in [0.5, 0.6) is 5.75 Å². The second kappa shape index (κ2) is 7.91. The number of ether oxygens (including phenoxy) is 2. The molecule has 144 valence electrons. The smallest absolute Gasteiger partial charge is 0.282 e. The average Bonchev–Trinajstić information content (AvgIpc) is 3.25. The van der Waals surface area contributed by atoms with Crippen LogP contribution in [0.25, 0.3) is 11.0 Å². The van der Waals surface area contributed by atoms with Gasteiger partial charge in [-0.3, -0.25) is 0 Å². The summed E-state index contributed by atoms with van der Waals surface area (Å²) in [5, 5.41) is 0. The molecule has 2 aromatic rings. The zero-order valence-corrected chi connectivity index (χ0v) is 16.3. The summed E-state index contributed by atoms with van der Waals surface area (Å²) < 4.78 is 39.0. The Balaban J connectivity index is 1.67. The molecular weight excluding hydrogens is 356 g/mol. The molecule has 26 heavy (non-hydrogen) atoms. The summed E-state index contributed by atoms with van der Waals surface area (Å²) in [6.45, 7) is 1.33. The number of aromatic amines is 1. The predicted molar refractivity (Wildman–Crippen MR) is 99.5 cm³/mol. The highest BCUT2D eigenvalue weighted by atomic mass is 32.2. The largest absolute Gasteiger partial charge is 0.497 e. The van der Waals surface area contributed by atoms with E-state index in [0.717, 1.165) is 35.4 Å². The van der Waals surface area contributed by atoms with Crippen LogP contribution in [0.2, 0.25) is 0 Å². The normalized spacial score (nSPS) is 18.8. The fourth-order valence-corrected chi connectivity index (χ4v) is 4.90. The lowest BCUT2D eigenvalue weighted by atomic mass is 10.2. The molecule has 1 aliphatic rings. The van der Waals surface area contributed by atoms with Crippen molar-refractivity contribution in [2.24, 2.45) is 0 Å². The van der Waals surface area contributed by atoms with Gasteiger partial charge in [-0.15, -0.1) is 0 Å². The maximum atomic E-state index is 12.8. The molecule has 1 N–H and O–H groups in total. The van der Waals surface area contributed by atoms with Gasteiger partial charge in [0.2, 0.25) is 0 Å². The van der Waals surface area contributed by atoms with Gasteiger partial charge in [0.05, 0.1) is 24.8 Å². The molecule has 2 heterocycles. The van der Waals surface area contributed by atoms with Gasteiger partial charge in [-0.05, 0) is 25.0 Å². The maximum Gasteiger partial charge on any atom is 0.282 e. The molecule has 0 spiro atoms. The minimum Gasteiger partial charge on any atom is -0.497 e. The van der Waals surface area contributed by atoms with Crippen molar-refractivity contribution in [3.8, 4) is 5.75 Å². The van der Waals surface area contributed by atoms with Crippen molar-refractivity contribution >= 4 is 21.2 Å². The Kier molecular flexibility index (Phi) is 5.81. The molecule has 1 aromatic carbocycles. The first-order chi connectivity index (χ1) is 12.5. The lowest BCUT2D eigenvalue weighted by Crippen LogP contribution is -2.46. The Labute approximate surface area is 154 Å². The van der Waals surface area contributed by atoms with Gasteiger partial charge in [0.1, 0.15) is 11.6 Å². The van der Waals surface area contributed by atoms with Crippen molar-refractivity contribution in [2.45, 2.75) is 25.3 Å². The van der Waals surface area contributed by atoms with E-state index in [4.69, 9.17) is 9.47 Å². The second-order valence-corrected chi connectivity index (χ2v) is 8.50. The van der Waals surface area contributed by atoms with Gasteiger partial charge in [0.15, 0.2) is 0 Å². The number of likely N-dealkylation sites (N-methyl/N-ethyl adjacent to an activating group) is 1. The summed E-state index contributed by atoms with van der Waals surface area (Å²) in [5.74, 6) is 1.51. The molecule has 3 rings (SSSR count). The number of nitrogens with zero attached hydrogens (tertiary/aromatic N) is 3. The summed E-state index contributed by atoms with van der Waals surface area (Å²) in [6.07, 6.45) is 2.22. The Morgan fingerprint density at radius 1 is 1.38 bits per heavy atom. The Bertz CT molecular complexity index is 852. The van der Waals surface area contributed by atoms with Crippen LogP contribution >= 0.6 is 0 Å². The quantitative estimate of drug-likeness (QED) is 0.746. The zero-order valence-electron chi connectivity index (χ0n) is 15.4. The van der Waals surface area contributed by atoms with Crippen LogP contribution in [0.1, 0.15) is 18.7 Å². The van der Waals surface area contributed by atoms with Crippen LogP contribution in [-0.4, -0.2) is 74.0 Å². The van der Waals surface area contributed by atoms with Crippen LogP contribution in [0.15, 0.2) is 18.2 Å². The highest BCUT2D eigenvalue weighted by Gasteiger charge is 2.36. The topological polar surface area (TPSA) is 87.8 Å². The standard InChI is InChI=1S/C17H26N4O4S/c1-20(26(22,23)21-9-4-5-13(21)12-24-2)10-8-17-18-15-7-6-14(25-3)11-16(15)19-17/h6-7,11,13H,4-5,8-10,12H2,1-3H3,(H,18,19). The van der Waals surface area contributed by atoms with E-state index in [-0.39, 0.29) is 6.04 Å². The molecule has 0 radical (unpaired) electrons. The van der Waals surface area contributed by atoms with Crippen LogP contribution in [0.3, 0.4) is 0 Å². The first-order valence-corrected chi connectivity index (χ1v) is 10.1. The number of nitrogens with one attached hydrogen (secondary N) is 1. The molecule has 0 amide bonds. The highest BCUT2D eigenvalue weighted by Crippen LogP contribution is 2.23. The third kappa shape index (κ3) is 3.85. The number of methoxy groups -OCH3 is 2. The van der Waals surface area contributed by atoms with E-state index in [2.05, 4.69) is 9.97 Å². The molecule has 0 aliphatic carbocycles. The van der Waals surface area contributed by atoms with Gasteiger partial charge in [-0.25, -0.2) is 4.98 Å². The number of benzene rings is 1. The Morgan fingerprint density at radius 3 is 2.92 bits per heavy atom. The minimum atomic E-state index is -3.50. The van der Waals surface area contributed by atoms with E-state index in [1.54, 1.807) is 25.6 Å². The summed E-state index contributed by atoms with van der Waals surface area (Å²) in [5.41, 5.74) is 1.72. The van der Waals surface area contributed by atoms with Crippen molar-refractivity contribution in [1.29, 1.82) is 0 Å². The SMILES string of the molecule is COCC1CCCN1S(=O)(=O)N(C)CCc1nc2ccc(OC)cc2[nH]1. The molecule has 1 unspecified atom stereocenters. The van der Waals surface area contributed by atoms with Gasteiger partial charge >= 0.3 is 0 Å². The number of rotatable bonds is 8. The number of fused-ring (bicyclic) bond motifs is 1. The average molecular weight is 382 g/mol. The Hall–Kier alpha value is -1.68. The van der Waals surface area contributed by atoms with E-state index in [0.29, 0.717) is 26.1 Å². The van der Waals surface area contributed by atoms with Crippen molar-refractivity contribution < 1.29 is 17.9 Å². The maximum absolute atomic E-state index is 12.8. The van der Waals surface area contributed by atoms with Gasteiger partial charge in [-0.2, -0.15) is 17.0 Å². The molecule has 1 fully saturated rings. The van der Waals surface area contributed by atoms with Crippen LogP contribution in [0, 0.1) is 0 Å². The number of hydrogen-bond donors (Lipinski definition) is 1. The molecular formula is C17H26N4O4S. The zero-order chi connectivity index (χ0) is 18.7. The number of hydrogen-bond acceptors (Lipinski definition) is 5. The number of H-pyrrole nitrogens is 1. The first-order valence-electron chi connectivity index (χ1n) is 8.70. The van der Waals surface area contributed by atoms with Crippen molar-refractivity contribution in [3.05, 3.63) is 24.0 Å². The fourth-order valence-electron chi connectivity index (χ4n) is 3.32. The van der Waals surface area contributed by atoms with Crippen molar-refractivity contribution in [1.82, 2.24) is 18.6 Å². The lowest BCUT2D eigenvalue weighted by molar-refractivity contribution is 0.146. The third-order valence-electron chi connectivity index (χ3n) is 4.77. The molecule has 1 aromatic heterocycles. The van der Waals surface area contributed by atoms with Gasteiger partial charge in [0, 0.05) is 45.8 Å². The highest BCUT2D eigenvalue weighted by molar-refractivity contribution is 7.86. The summed E-state index contributed by atoms with van der Waals surface area (Å²) >= 11 is 0. The summed E-state index contributed by atoms with van der Waals surface area (Å²) in [4.78, 5) is 7.75. The van der Waals surface area contributed by atoms with Gasteiger partial charge in [-0.1, -0.05) is 0 Å². The minimum absolute atomic E-state index is 0.0777. The molecule has 1 aliphatic heterocycles. The van der Waals surface area contributed by atoms with Crippen molar-refractivity contribution in [3.63, 3.8) is 0 Å². The van der Waals surface area contributed by atoms with Gasteiger partial charge in [0.25, 0.3) is 10.2 Å². The van der Waals surface area contributed by atoms with E-state index in [9.17, 15) is 8.42 Å². The second-order valence-electron chi connectivity index (χ2n) is 6.51. The molecule has 1 atom stereocenters. The molecule has 1 saturated heterocycles. The molecule has 0 saturated carbocycles. The van der Waals surface area contributed by atoms with E-state index < -0.39 is 10.2 Å². The van der Waals surface area contributed by atoms with E-state index in [1.807, 2.05) is 18.2 Å². The molecule has 8 nitrogen and oxygen atoms in total. The summed E-state index contributed by atoms with van der Waals surface area (Å²) in [7, 11) is 1.34. The number of imidazole rings is 1. The fraction of sp³-hybridized carbons (Fsp3) is 0.588. The van der Waals surface area contributed by atoms with E-state index >= 15 is 0 Å². The van der Waals surface area contributed by atoms with E-state index in [1.165, 1.54) is 4.31 Å². The number of aromatic nitrogens is 2. The molecule has 9 heteroatoms. The van der Waals surface area contributed by atoms with Gasteiger partial charge < -0.3 is 14.5 Å². The van der Waals surface area contributed by atoms with Crippen molar-refractivity contribution in [2.75, 3.05) is 41.0 Å². The van der Waals surface area contributed by atoms with Crippen LogP contribution in [0.4, 0.5) is 0 Å². The summed E-state index contributed by atoms with van der Waals surface area (Å²) in [6, 6.07) is 5.54. The van der Waals surface area contributed by atoms with Crippen LogP contribution < -0.4 is 4.74 Å². The monoisotopic (exact) mass is 382 g/mol. The predicted octanol–water partition coefficient (Wildman–Crippen LogP) is 1.40.